The van der Waals surface area contributed by atoms with Gasteiger partial charge in [0.1, 0.15) is 0 Å². The van der Waals surface area contributed by atoms with Crippen molar-refractivity contribution in [2.75, 3.05) is 13.1 Å². The number of esters is 1. The minimum atomic E-state index is -4.96. The number of halogens is 6. The summed E-state index contributed by atoms with van der Waals surface area (Å²) in [5.41, 5.74) is -4.17. The first-order valence-electron chi connectivity index (χ1n) is 11.2. The Hall–Kier alpha value is -2.85. The molecule has 196 valence electrons. The number of rotatable bonds is 2. The Kier molecular flexibility index (Phi) is 5.63. The first-order chi connectivity index (χ1) is 17.1. The van der Waals surface area contributed by atoms with Gasteiger partial charge in [-0.2, -0.15) is 13.2 Å². The van der Waals surface area contributed by atoms with Crippen LogP contribution in [0, 0.1) is 11.2 Å². The third-order valence-electron chi connectivity index (χ3n) is 6.81. The van der Waals surface area contributed by atoms with Crippen LogP contribution in [0.3, 0.4) is 0 Å². The van der Waals surface area contributed by atoms with Crippen molar-refractivity contribution in [3.8, 4) is 0 Å². The summed E-state index contributed by atoms with van der Waals surface area (Å²) in [6, 6.07) is 6.13. The maximum absolute atomic E-state index is 14.3. The Morgan fingerprint density at radius 1 is 1.08 bits per heavy atom. The highest BCUT2D eigenvalue weighted by Gasteiger charge is 2.63. The van der Waals surface area contributed by atoms with Gasteiger partial charge in [0.05, 0.1) is 34.4 Å². The van der Waals surface area contributed by atoms with Crippen molar-refractivity contribution in [1.29, 1.82) is 0 Å². The molecule has 0 aliphatic carbocycles. The lowest BCUT2D eigenvalue weighted by atomic mass is 9.81. The first-order valence-corrected chi connectivity index (χ1v) is 12.0. The van der Waals surface area contributed by atoms with Crippen molar-refractivity contribution < 1.29 is 36.7 Å². The van der Waals surface area contributed by atoms with E-state index in [-0.39, 0.29) is 35.8 Å². The third kappa shape index (κ3) is 3.87. The SMILES string of the molecule is CC(C)(C)C(=O)N1CC2(C1)OC(=O)c1cc(C3=NOC(c4cc(Cl)c(F)c(Cl)c4)(C(F)(F)F)C3)ccc12. The van der Waals surface area contributed by atoms with E-state index in [1.807, 2.05) is 0 Å². The molecule has 1 spiro atoms. The van der Waals surface area contributed by atoms with E-state index in [4.69, 9.17) is 32.8 Å². The van der Waals surface area contributed by atoms with Gasteiger partial charge in [-0.15, -0.1) is 0 Å². The predicted molar refractivity (Wildman–Crippen MR) is 126 cm³/mol. The monoisotopic (exact) mass is 558 g/mol. The van der Waals surface area contributed by atoms with Gasteiger partial charge in [-0.05, 0) is 18.2 Å². The van der Waals surface area contributed by atoms with Gasteiger partial charge < -0.3 is 14.5 Å². The molecule has 0 N–H and O–H groups in total. The molecular weight excluding hydrogens is 539 g/mol. The van der Waals surface area contributed by atoms with Crippen molar-refractivity contribution in [3.05, 3.63) is 68.4 Å². The van der Waals surface area contributed by atoms with Gasteiger partial charge in [-0.3, -0.25) is 4.79 Å². The molecule has 3 aliphatic heterocycles. The van der Waals surface area contributed by atoms with Crippen LogP contribution in [0.4, 0.5) is 17.6 Å². The molecule has 1 unspecified atom stereocenters. The average molecular weight is 559 g/mol. The van der Waals surface area contributed by atoms with Crippen molar-refractivity contribution in [2.45, 2.75) is 44.6 Å². The van der Waals surface area contributed by atoms with Gasteiger partial charge >= 0.3 is 12.1 Å². The molecular formula is C25H20Cl2F4N2O4. The van der Waals surface area contributed by atoms with E-state index in [0.717, 1.165) is 12.1 Å². The summed E-state index contributed by atoms with van der Waals surface area (Å²) in [5.74, 6) is -1.77. The molecule has 1 saturated heterocycles. The average Bonchev–Trinajstić information content (AvgIpc) is 3.36. The fourth-order valence-electron chi connectivity index (χ4n) is 4.85. The van der Waals surface area contributed by atoms with E-state index >= 15 is 0 Å². The summed E-state index contributed by atoms with van der Waals surface area (Å²) in [6.45, 7) is 5.75. The zero-order valence-corrected chi connectivity index (χ0v) is 21.3. The Bertz CT molecular complexity index is 1360. The van der Waals surface area contributed by atoms with Gasteiger partial charge in [0.2, 0.25) is 5.91 Å². The van der Waals surface area contributed by atoms with Crippen LogP contribution in [-0.4, -0.2) is 41.8 Å². The molecule has 2 aromatic carbocycles. The molecule has 0 bridgehead atoms. The fourth-order valence-corrected chi connectivity index (χ4v) is 5.33. The Labute approximate surface area is 219 Å². The number of carbonyl (C=O) groups excluding carboxylic acids is 2. The maximum Gasteiger partial charge on any atom is 0.435 e. The van der Waals surface area contributed by atoms with Crippen LogP contribution < -0.4 is 0 Å². The molecule has 37 heavy (non-hydrogen) atoms. The summed E-state index contributed by atoms with van der Waals surface area (Å²) < 4.78 is 62.4. The lowest BCUT2D eigenvalue weighted by Crippen LogP contribution is -2.63. The standard InChI is InChI=1S/C25H20Cl2F4N2O4/c1-22(2,3)21(35)33-10-23(11-33)15-5-4-12(6-14(15)20(34)36-23)18-9-24(37-32-18,25(29,30)31)13-7-16(26)19(28)17(27)8-13/h4-8H,9-11H2,1-3H3. The molecule has 0 saturated carbocycles. The van der Waals surface area contributed by atoms with Crippen molar-refractivity contribution in [3.63, 3.8) is 0 Å². The zero-order valence-electron chi connectivity index (χ0n) is 19.8. The van der Waals surface area contributed by atoms with Gasteiger partial charge in [-0.25, -0.2) is 9.18 Å². The second-order valence-corrected chi connectivity index (χ2v) is 11.3. The van der Waals surface area contributed by atoms with E-state index in [1.165, 1.54) is 12.1 Å². The number of hydrogen-bond acceptors (Lipinski definition) is 5. The highest BCUT2D eigenvalue weighted by Crippen LogP contribution is 2.51. The van der Waals surface area contributed by atoms with Crippen molar-refractivity contribution in [2.24, 2.45) is 10.6 Å². The molecule has 3 aliphatic rings. The van der Waals surface area contributed by atoms with Crippen LogP contribution in [0.25, 0.3) is 0 Å². The van der Waals surface area contributed by atoms with Crippen LogP contribution >= 0.6 is 23.2 Å². The molecule has 1 atom stereocenters. The Morgan fingerprint density at radius 3 is 2.27 bits per heavy atom. The van der Waals surface area contributed by atoms with Gasteiger partial charge in [0.15, 0.2) is 11.4 Å². The number of carbonyl (C=O) groups is 2. The molecule has 3 heterocycles. The largest absolute Gasteiger partial charge is 0.447 e. The van der Waals surface area contributed by atoms with Crippen LogP contribution in [0.5, 0.6) is 0 Å². The van der Waals surface area contributed by atoms with Gasteiger partial charge in [0.25, 0.3) is 5.60 Å². The van der Waals surface area contributed by atoms with E-state index in [1.54, 1.807) is 31.7 Å². The van der Waals surface area contributed by atoms with E-state index in [9.17, 15) is 27.2 Å². The lowest BCUT2D eigenvalue weighted by molar-refractivity contribution is -0.275. The van der Waals surface area contributed by atoms with Crippen LogP contribution in [-0.2, 0) is 25.6 Å². The third-order valence-corrected chi connectivity index (χ3v) is 7.36. The van der Waals surface area contributed by atoms with Crippen molar-refractivity contribution in [1.82, 2.24) is 4.90 Å². The maximum atomic E-state index is 14.3. The lowest BCUT2D eigenvalue weighted by Gasteiger charge is -2.48. The number of likely N-dealkylation sites (tertiary alicyclic amines) is 1. The Balaban J connectivity index is 1.44. The minimum absolute atomic E-state index is 0.0800. The molecule has 1 fully saturated rings. The molecule has 2 aromatic rings. The van der Waals surface area contributed by atoms with E-state index in [0.29, 0.717) is 5.56 Å². The fraction of sp³-hybridized carbons (Fsp3) is 0.400. The van der Waals surface area contributed by atoms with Gasteiger partial charge in [-0.1, -0.05) is 61.3 Å². The molecule has 6 nitrogen and oxygen atoms in total. The quantitative estimate of drug-likeness (QED) is 0.259. The number of benzene rings is 2. The molecule has 0 radical (unpaired) electrons. The highest BCUT2D eigenvalue weighted by molar-refractivity contribution is 6.35. The Morgan fingerprint density at radius 2 is 1.70 bits per heavy atom. The minimum Gasteiger partial charge on any atom is -0.447 e. The summed E-state index contributed by atoms with van der Waals surface area (Å²) >= 11 is 11.5. The van der Waals surface area contributed by atoms with Crippen molar-refractivity contribution >= 4 is 40.8 Å². The topological polar surface area (TPSA) is 68.2 Å². The predicted octanol–water partition coefficient (Wildman–Crippen LogP) is 5.97. The molecule has 0 aromatic heterocycles. The highest BCUT2D eigenvalue weighted by atomic mass is 35.5. The molecule has 1 amide bonds. The summed E-state index contributed by atoms with van der Waals surface area (Å²) in [7, 11) is 0. The van der Waals surface area contributed by atoms with E-state index < -0.39 is 56.6 Å². The van der Waals surface area contributed by atoms with Gasteiger partial charge in [0, 0.05) is 28.5 Å². The molecule has 5 rings (SSSR count). The number of oxime groups is 1. The zero-order chi connectivity index (χ0) is 27.1. The number of fused-ring (bicyclic) bond motifs is 2. The van der Waals surface area contributed by atoms with E-state index in [2.05, 4.69) is 5.16 Å². The summed E-state index contributed by atoms with van der Waals surface area (Å²) in [5, 5.41) is 2.50. The molecule has 12 heteroatoms. The number of alkyl halides is 3. The van der Waals surface area contributed by atoms with Crippen LogP contribution in [0.1, 0.15) is 54.2 Å². The first kappa shape index (κ1) is 25.8. The van der Waals surface area contributed by atoms with Crippen LogP contribution in [0.2, 0.25) is 10.0 Å². The number of hydrogen-bond donors (Lipinski definition) is 0. The summed E-state index contributed by atoms with van der Waals surface area (Å²) in [4.78, 5) is 31.8. The number of amides is 1. The second kappa shape index (κ2) is 8.07. The summed E-state index contributed by atoms with van der Waals surface area (Å²) in [6.07, 6.45) is -5.72. The smallest absolute Gasteiger partial charge is 0.435 e. The normalized spacial score (nSPS) is 22.4. The number of nitrogens with zero attached hydrogens (tertiary/aromatic N) is 2. The second-order valence-electron chi connectivity index (χ2n) is 10.4. The van der Waals surface area contributed by atoms with Crippen LogP contribution in [0.15, 0.2) is 35.5 Å². The number of ether oxygens (including phenoxy) is 1.